The van der Waals surface area contributed by atoms with Crippen LogP contribution in [-0.4, -0.2) is 82.7 Å². The number of carbonyl (C=O) groups excluding carboxylic acids is 2. The van der Waals surface area contributed by atoms with Crippen LogP contribution in [0.5, 0.6) is 23.0 Å². The first-order valence-electron chi connectivity index (χ1n) is 29.7. The van der Waals surface area contributed by atoms with Crippen LogP contribution in [0.4, 0.5) is 10.5 Å². The second-order valence-electron chi connectivity index (χ2n) is 22.4. The van der Waals surface area contributed by atoms with E-state index in [0.717, 1.165) is 93.7 Å². The van der Waals surface area contributed by atoms with Crippen LogP contribution in [0.25, 0.3) is 0 Å². The van der Waals surface area contributed by atoms with Crippen molar-refractivity contribution in [2.75, 3.05) is 33.2 Å². The molecule has 0 radical (unpaired) electrons. The van der Waals surface area contributed by atoms with Gasteiger partial charge in [0.15, 0.2) is 11.5 Å². The number of amides is 2. The van der Waals surface area contributed by atoms with Gasteiger partial charge >= 0.3 is 6.09 Å². The number of carbonyl (C=O) groups is 2. The van der Waals surface area contributed by atoms with Crippen molar-refractivity contribution in [1.29, 1.82) is 0 Å². The van der Waals surface area contributed by atoms with Gasteiger partial charge in [-0.15, -0.1) is 6.58 Å². The molecule has 6 unspecified atom stereocenters. The average Bonchev–Trinajstić information content (AvgIpc) is 3.09. The number of nitrogens with zero attached hydrogens (tertiary/aromatic N) is 3. The third-order valence-corrected chi connectivity index (χ3v) is 16.9. The topological polar surface area (TPSA) is 201 Å². The minimum absolute atomic E-state index is 0.0257. The molecule has 430 valence electrons. The smallest absolute Gasteiger partial charge is 0.412 e. The highest BCUT2D eigenvalue weighted by Gasteiger charge is 2.65. The van der Waals surface area contributed by atoms with Gasteiger partial charge in [0, 0.05) is 62.8 Å². The molecule has 2 fully saturated rings. The van der Waals surface area contributed by atoms with Crippen molar-refractivity contribution in [1.82, 2.24) is 10.2 Å². The third-order valence-electron chi connectivity index (χ3n) is 16.9. The quantitative estimate of drug-likeness (QED) is 0.0226. The molecule has 3 aliphatic carbocycles. The lowest BCUT2D eigenvalue weighted by atomic mass is 9.55. The number of ether oxygens (including phenoxy) is 5. The number of hydrogen-bond acceptors (Lipinski definition) is 13. The second-order valence-corrected chi connectivity index (χ2v) is 22.4. The van der Waals surface area contributed by atoms with Gasteiger partial charge in [0.1, 0.15) is 24.1 Å². The van der Waals surface area contributed by atoms with E-state index >= 15 is 4.79 Å². The van der Waals surface area contributed by atoms with E-state index in [9.17, 15) is 25.1 Å². The Bertz CT molecular complexity index is 2530. The molecular formula is C63H86N4O12. The Hall–Kier alpha value is -5.97. The number of nitro benzene ring substituents is 1. The molecule has 8 rings (SSSR count). The Morgan fingerprint density at radius 2 is 1.54 bits per heavy atom. The van der Waals surface area contributed by atoms with Crippen LogP contribution in [0.1, 0.15) is 177 Å². The van der Waals surface area contributed by atoms with E-state index < -0.39 is 28.8 Å². The highest BCUT2D eigenvalue weighted by atomic mass is 16.7. The average molecular weight is 1090 g/mol. The number of fused-ring (bicyclic) bond motifs is 3. The number of oxime groups is 1. The largest absolute Gasteiger partial charge is 0.459 e. The maximum Gasteiger partial charge on any atom is 0.412 e. The number of nitrogens with one attached hydrogen (secondary N) is 1. The Balaban J connectivity index is 1.20. The molecular weight excluding hydrogens is 1000 g/mol. The van der Waals surface area contributed by atoms with Gasteiger partial charge in [0.05, 0.1) is 23.2 Å². The molecule has 0 aromatic heterocycles. The van der Waals surface area contributed by atoms with Gasteiger partial charge in [-0.05, 0) is 115 Å². The summed E-state index contributed by atoms with van der Waals surface area (Å²) in [6.45, 7) is 7.36. The fourth-order valence-electron chi connectivity index (χ4n) is 12.9. The molecule has 3 aromatic rings. The van der Waals surface area contributed by atoms with Crippen molar-refractivity contribution in [2.45, 2.75) is 186 Å². The Kier molecular flexibility index (Phi) is 22.5. The number of aliphatic hydroxyl groups is 2. The molecule has 2 aliphatic heterocycles. The molecule has 5 aliphatic rings. The number of unbranched alkanes of at least 4 members (excludes halogenated alkanes) is 11. The summed E-state index contributed by atoms with van der Waals surface area (Å²) >= 11 is 0. The monoisotopic (exact) mass is 1090 g/mol. The van der Waals surface area contributed by atoms with E-state index in [-0.39, 0.29) is 75.5 Å². The molecule has 16 nitrogen and oxygen atoms in total. The lowest BCUT2D eigenvalue weighted by molar-refractivity contribution is -0.384. The third kappa shape index (κ3) is 15.5. The zero-order chi connectivity index (χ0) is 55.4. The first-order valence-corrected chi connectivity index (χ1v) is 29.7. The van der Waals surface area contributed by atoms with E-state index in [1.807, 2.05) is 35.2 Å². The van der Waals surface area contributed by atoms with Crippen molar-refractivity contribution in [3.05, 3.63) is 112 Å². The van der Waals surface area contributed by atoms with Gasteiger partial charge in [-0.25, -0.2) is 4.79 Å². The van der Waals surface area contributed by atoms with Crippen LogP contribution in [-0.2, 0) is 27.5 Å². The minimum Gasteiger partial charge on any atom is -0.459 e. The number of rotatable bonds is 33. The minimum atomic E-state index is -1.52. The summed E-state index contributed by atoms with van der Waals surface area (Å²) in [6.07, 6.45) is 25.3. The van der Waals surface area contributed by atoms with Gasteiger partial charge < -0.3 is 49.0 Å². The van der Waals surface area contributed by atoms with Crippen LogP contribution in [0.15, 0.2) is 90.1 Å². The normalized spacial score (nSPS) is 22.3. The summed E-state index contributed by atoms with van der Waals surface area (Å²) < 4.78 is 32.5. The standard InChI is InChI=1S/C63H86N4O12/c1-3-5-6-7-8-9-10-11-12-17-34-64-62(71)78-50-30-32-55-53(40-50)60-51(23-16-19-36-69)48(22-15-18-35-68)39-52-54(65-77-43-46-24-28-49(29-25-46)67(72)73)41-58(63(79-55,61(52)60)76-37-4-2)66(59(70)33-27-45-20-13-14-21-45)42-47-26-31-56-57(38-47)75-44-74-56/h4,24-26,28-32,38-40,45,48,51,58,60-61,68-69H,2-3,5-23,27,33-37,41-44H2,1H3,(H,64,71). The summed E-state index contributed by atoms with van der Waals surface area (Å²) in [5.74, 6) is -0.0200. The second kappa shape index (κ2) is 30.0. The van der Waals surface area contributed by atoms with Gasteiger partial charge in [-0.1, -0.05) is 127 Å². The molecule has 3 aromatic carbocycles. The van der Waals surface area contributed by atoms with Crippen molar-refractivity contribution in [2.24, 2.45) is 28.8 Å². The summed E-state index contributed by atoms with van der Waals surface area (Å²) in [5, 5.41) is 39.8. The fraction of sp³-hybridized carbons (Fsp3) is 0.603. The summed E-state index contributed by atoms with van der Waals surface area (Å²) in [5.41, 5.74) is 3.79. The van der Waals surface area contributed by atoms with Crippen molar-refractivity contribution >= 4 is 23.4 Å². The number of aliphatic hydroxyl groups excluding tert-OH is 2. The SMILES string of the molecule is C=CCOC12Oc3ccc(OC(=O)NCCCCCCCCCCCC)cc3C3C(CCCCO)C(CCCCO)C=C(C(=NOCc4ccc([N+](=O)[O-])cc4)CC1N(Cc1ccc4c(c1)OCO4)C(=O)CCC1CCCC1)C32. The van der Waals surface area contributed by atoms with E-state index in [2.05, 4.69) is 24.9 Å². The predicted octanol–water partition coefficient (Wildman–Crippen LogP) is 13.2. The van der Waals surface area contributed by atoms with E-state index in [0.29, 0.717) is 66.0 Å². The van der Waals surface area contributed by atoms with Gasteiger partial charge in [-0.2, -0.15) is 0 Å². The molecule has 2 saturated carbocycles. The fourth-order valence-corrected chi connectivity index (χ4v) is 12.9. The number of nitro groups is 1. The maximum absolute atomic E-state index is 15.5. The van der Waals surface area contributed by atoms with E-state index in [4.69, 9.17) is 33.7 Å². The van der Waals surface area contributed by atoms with Crippen LogP contribution >= 0.6 is 0 Å². The molecule has 0 spiro atoms. The molecule has 6 atom stereocenters. The van der Waals surface area contributed by atoms with E-state index in [1.54, 1.807) is 24.3 Å². The zero-order valence-corrected chi connectivity index (χ0v) is 46.6. The Morgan fingerprint density at radius 3 is 2.27 bits per heavy atom. The first kappa shape index (κ1) is 59.2. The first-order chi connectivity index (χ1) is 38.7. The zero-order valence-electron chi connectivity index (χ0n) is 46.6. The molecule has 16 heteroatoms. The van der Waals surface area contributed by atoms with Gasteiger partial charge in [0.25, 0.3) is 5.69 Å². The predicted molar refractivity (Wildman–Crippen MR) is 303 cm³/mol. The number of allylic oxidation sites excluding steroid dienone is 1. The number of hydrogen-bond donors (Lipinski definition) is 3. The summed E-state index contributed by atoms with van der Waals surface area (Å²) in [7, 11) is 0. The highest BCUT2D eigenvalue weighted by molar-refractivity contribution is 6.03. The lowest BCUT2D eigenvalue weighted by Gasteiger charge is -2.60. The Labute approximate surface area is 467 Å². The van der Waals surface area contributed by atoms with Crippen LogP contribution in [0.3, 0.4) is 0 Å². The van der Waals surface area contributed by atoms with Crippen molar-refractivity contribution in [3.8, 4) is 23.0 Å². The highest BCUT2D eigenvalue weighted by Crippen LogP contribution is 2.62. The lowest BCUT2D eigenvalue weighted by Crippen LogP contribution is -2.70. The van der Waals surface area contributed by atoms with Gasteiger partial charge in [-0.3, -0.25) is 14.9 Å². The van der Waals surface area contributed by atoms with Crippen LogP contribution in [0, 0.1) is 33.8 Å². The van der Waals surface area contributed by atoms with Crippen molar-refractivity contribution < 1.29 is 53.2 Å². The molecule has 0 saturated heterocycles. The molecule has 2 amide bonds. The number of benzene rings is 3. The van der Waals surface area contributed by atoms with Crippen LogP contribution in [0.2, 0.25) is 0 Å². The van der Waals surface area contributed by atoms with E-state index in [1.165, 1.54) is 57.1 Å². The molecule has 0 bridgehead atoms. The molecule has 79 heavy (non-hydrogen) atoms. The van der Waals surface area contributed by atoms with Crippen LogP contribution < -0.4 is 24.3 Å². The Morgan fingerprint density at radius 1 is 0.848 bits per heavy atom. The molecule has 2 heterocycles. The summed E-state index contributed by atoms with van der Waals surface area (Å²) in [6, 6.07) is 16.7. The number of non-ortho nitro benzene ring substituents is 1. The van der Waals surface area contributed by atoms with Gasteiger partial charge in [0.2, 0.25) is 18.5 Å². The van der Waals surface area contributed by atoms with Crippen molar-refractivity contribution in [3.63, 3.8) is 0 Å². The summed E-state index contributed by atoms with van der Waals surface area (Å²) in [4.78, 5) is 48.4. The maximum atomic E-state index is 15.5. The molecule has 3 N–H and O–H groups in total.